The van der Waals surface area contributed by atoms with Crippen LogP contribution in [0.4, 0.5) is 0 Å². The highest BCUT2D eigenvalue weighted by molar-refractivity contribution is 5.55. The number of nitrogens with one attached hydrogen (secondary N) is 1. The van der Waals surface area contributed by atoms with E-state index >= 15 is 0 Å². The topological polar surface area (TPSA) is 21.3 Å². The van der Waals surface area contributed by atoms with Crippen LogP contribution in [0.25, 0.3) is 6.08 Å². The number of rotatable bonds is 7. The third-order valence-corrected chi connectivity index (χ3v) is 2.91. The summed E-state index contributed by atoms with van der Waals surface area (Å²) in [7, 11) is 1.72. The first-order valence-corrected chi connectivity index (χ1v) is 6.18. The first kappa shape index (κ1) is 13.9. The van der Waals surface area contributed by atoms with E-state index in [2.05, 4.69) is 49.5 Å². The molecule has 2 nitrogen and oxygen atoms in total. The lowest BCUT2D eigenvalue weighted by atomic mass is 10.0. The molecule has 0 aromatic heterocycles. The van der Waals surface area contributed by atoms with E-state index in [1.165, 1.54) is 16.7 Å². The Balaban J connectivity index is 2.31. The van der Waals surface area contributed by atoms with Crippen LogP contribution in [0.2, 0.25) is 0 Å². The predicted molar refractivity (Wildman–Crippen MR) is 74.3 cm³/mol. The second-order valence-corrected chi connectivity index (χ2v) is 4.22. The Morgan fingerprint density at radius 3 is 2.82 bits per heavy atom. The van der Waals surface area contributed by atoms with Crippen LogP contribution in [0.5, 0.6) is 0 Å². The van der Waals surface area contributed by atoms with Gasteiger partial charge in [0.15, 0.2) is 0 Å². The minimum atomic E-state index is 0.778. The minimum absolute atomic E-state index is 0.778. The van der Waals surface area contributed by atoms with Crippen LogP contribution in [-0.4, -0.2) is 26.8 Å². The van der Waals surface area contributed by atoms with Crippen molar-refractivity contribution >= 4 is 6.08 Å². The number of benzene rings is 1. The van der Waals surface area contributed by atoms with Gasteiger partial charge in [-0.25, -0.2) is 0 Å². The molecule has 1 N–H and O–H groups in total. The van der Waals surface area contributed by atoms with Gasteiger partial charge in [-0.2, -0.15) is 0 Å². The Labute approximate surface area is 105 Å². The maximum Gasteiger partial charge on any atom is 0.0587 e. The van der Waals surface area contributed by atoms with Crippen LogP contribution in [0.3, 0.4) is 0 Å². The third-order valence-electron chi connectivity index (χ3n) is 2.91. The van der Waals surface area contributed by atoms with Crippen molar-refractivity contribution in [2.75, 3.05) is 26.8 Å². The molecule has 0 bridgehead atoms. The quantitative estimate of drug-likeness (QED) is 0.731. The Hall–Kier alpha value is -1.12. The number of hydrogen-bond donors (Lipinski definition) is 1. The molecule has 1 aromatic rings. The number of ether oxygens (including phenoxy) is 1. The van der Waals surface area contributed by atoms with Crippen molar-refractivity contribution in [3.63, 3.8) is 0 Å². The fourth-order valence-electron chi connectivity index (χ4n) is 1.65. The van der Waals surface area contributed by atoms with Gasteiger partial charge in [0.1, 0.15) is 0 Å². The van der Waals surface area contributed by atoms with E-state index in [1.807, 2.05) is 0 Å². The van der Waals surface area contributed by atoms with Gasteiger partial charge in [0.2, 0.25) is 0 Å². The molecule has 0 atom stereocenters. The number of aryl methyl sites for hydroxylation is 1. The molecule has 0 aliphatic carbocycles. The van der Waals surface area contributed by atoms with E-state index in [0.717, 1.165) is 26.1 Å². The monoisotopic (exact) mass is 233 g/mol. The van der Waals surface area contributed by atoms with Crippen LogP contribution < -0.4 is 5.32 Å². The van der Waals surface area contributed by atoms with Crippen molar-refractivity contribution in [3.8, 4) is 0 Å². The Morgan fingerprint density at radius 2 is 2.06 bits per heavy atom. The summed E-state index contributed by atoms with van der Waals surface area (Å²) in [6, 6.07) is 6.43. The molecule has 2 heteroatoms. The fraction of sp³-hybridized carbons (Fsp3) is 0.467. The van der Waals surface area contributed by atoms with Crippen molar-refractivity contribution in [2.45, 2.75) is 20.3 Å². The molecular formula is C15H23NO. The fourth-order valence-corrected chi connectivity index (χ4v) is 1.65. The van der Waals surface area contributed by atoms with Crippen LogP contribution in [-0.2, 0) is 4.74 Å². The molecule has 0 amide bonds. The highest BCUT2D eigenvalue weighted by atomic mass is 16.5. The van der Waals surface area contributed by atoms with Crippen molar-refractivity contribution in [3.05, 3.63) is 41.0 Å². The van der Waals surface area contributed by atoms with Gasteiger partial charge in [-0.15, -0.1) is 0 Å². The van der Waals surface area contributed by atoms with Crippen LogP contribution in [0.1, 0.15) is 23.1 Å². The first-order valence-electron chi connectivity index (χ1n) is 6.18. The van der Waals surface area contributed by atoms with Gasteiger partial charge >= 0.3 is 0 Å². The van der Waals surface area contributed by atoms with Crippen LogP contribution in [0.15, 0.2) is 24.3 Å². The van der Waals surface area contributed by atoms with Crippen LogP contribution >= 0.6 is 0 Å². The smallest absolute Gasteiger partial charge is 0.0587 e. The van der Waals surface area contributed by atoms with Gasteiger partial charge in [-0.05, 0) is 43.5 Å². The molecule has 0 unspecified atom stereocenters. The number of methoxy groups -OCH3 is 1. The summed E-state index contributed by atoms with van der Waals surface area (Å²) in [6.07, 6.45) is 5.49. The van der Waals surface area contributed by atoms with E-state index in [4.69, 9.17) is 4.74 Å². The van der Waals surface area contributed by atoms with E-state index in [1.54, 1.807) is 7.11 Å². The molecule has 0 spiro atoms. The van der Waals surface area contributed by atoms with Crippen molar-refractivity contribution in [2.24, 2.45) is 0 Å². The van der Waals surface area contributed by atoms with Gasteiger partial charge in [0.05, 0.1) is 6.61 Å². The Morgan fingerprint density at radius 1 is 1.24 bits per heavy atom. The predicted octanol–water partition coefficient (Wildman–Crippen LogP) is 2.94. The average molecular weight is 233 g/mol. The second-order valence-electron chi connectivity index (χ2n) is 4.22. The van der Waals surface area contributed by atoms with E-state index in [0.29, 0.717) is 0 Å². The van der Waals surface area contributed by atoms with Gasteiger partial charge in [0.25, 0.3) is 0 Å². The third kappa shape index (κ3) is 5.16. The minimum Gasteiger partial charge on any atom is -0.383 e. The molecule has 0 saturated heterocycles. The molecule has 1 aromatic carbocycles. The summed E-state index contributed by atoms with van der Waals surface area (Å²) < 4.78 is 4.97. The molecule has 0 aliphatic heterocycles. The lowest BCUT2D eigenvalue weighted by Crippen LogP contribution is -2.19. The molecule has 0 heterocycles. The maximum absolute atomic E-state index is 4.97. The van der Waals surface area contributed by atoms with Crippen molar-refractivity contribution < 1.29 is 4.74 Å². The Bertz CT molecular complexity index is 358. The summed E-state index contributed by atoms with van der Waals surface area (Å²) in [5, 5.41) is 3.32. The molecule has 0 radical (unpaired) electrons. The van der Waals surface area contributed by atoms with Gasteiger partial charge in [0, 0.05) is 13.7 Å². The molecular weight excluding hydrogens is 210 g/mol. The zero-order chi connectivity index (χ0) is 12.5. The van der Waals surface area contributed by atoms with Gasteiger partial charge < -0.3 is 10.1 Å². The SMILES string of the molecule is COCCNCCC=Cc1cccc(C)c1C. The first-order chi connectivity index (χ1) is 8.25. The maximum atomic E-state index is 4.97. The van der Waals surface area contributed by atoms with Crippen LogP contribution in [0, 0.1) is 13.8 Å². The molecule has 94 valence electrons. The number of hydrogen-bond acceptors (Lipinski definition) is 2. The summed E-state index contributed by atoms with van der Waals surface area (Å²) in [6.45, 7) is 7.03. The summed E-state index contributed by atoms with van der Waals surface area (Å²) in [5.74, 6) is 0. The van der Waals surface area contributed by atoms with Crippen molar-refractivity contribution in [1.82, 2.24) is 5.32 Å². The average Bonchev–Trinajstić information content (AvgIpc) is 2.33. The zero-order valence-corrected chi connectivity index (χ0v) is 11.1. The molecule has 0 saturated carbocycles. The largest absolute Gasteiger partial charge is 0.383 e. The van der Waals surface area contributed by atoms with Crippen molar-refractivity contribution in [1.29, 1.82) is 0 Å². The van der Waals surface area contributed by atoms with Gasteiger partial charge in [-0.3, -0.25) is 0 Å². The normalized spacial score (nSPS) is 11.2. The molecule has 1 rings (SSSR count). The summed E-state index contributed by atoms with van der Waals surface area (Å²) in [4.78, 5) is 0. The zero-order valence-electron chi connectivity index (χ0n) is 11.1. The molecule has 0 fully saturated rings. The van der Waals surface area contributed by atoms with E-state index in [-0.39, 0.29) is 0 Å². The lowest BCUT2D eigenvalue weighted by Gasteiger charge is -2.04. The summed E-state index contributed by atoms with van der Waals surface area (Å²) >= 11 is 0. The molecule has 0 aliphatic rings. The van der Waals surface area contributed by atoms with E-state index < -0.39 is 0 Å². The highest BCUT2D eigenvalue weighted by Crippen LogP contribution is 2.14. The second kappa shape index (κ2) is 8.04. The highest BCUT2D eigenvalue weighted by Gasteiger charge is 1.95. The van der Waals surface area contributed by atoms with Gasteiger partial charge in [-0.1, -0.05) is 30.4 Å². The Kier molecular flexibility index (Phi) is 6.60. The lowest BCUT2D eigenvalue weighted by molar-refractivity contribution is 0.199. The summed E-state index contributed by atoms with van der Waals surface area (Å²) in [5.41, 5.74) is 4.04. The van der Waals surface area contributed by atoms with E-state index in [9.17, 15) is 0 Å². The standard InChI is InChI=1S/C15H23NO/c1-13-7-6-9-15(14(13)2)8-4-5-10-16-11-12-17-3/h4,6-9,16H,5,10-12H2,1-3H3. The molecule has 17 heavy (non-hydrogen) atoms.